The van der Waals surface area contributed by atoms with Crippen molar-refractivity contribution in [2.45, 2.75) is 37.6 Å². The number of halogens is 1. The molecule has 2 heterocycles. The number of benzene rings is 2. The summed E-state index contributed by atoms with van der Waals surface area (Å²) in [5.41, 5.74) is 2.14. The normalized spacial score (nSPS) is 16.5. The molecule has 29 heavy (non-hydrogen) atoms. The first-order valence-electron chi connectivity index (χ1n) is 9.30. The van der Waals surface area contributed by atoms with Gasteiger partial charge in [-0.1, -0.05) is 42.1 Å². The number of thioether (sulfide) groups is 1. The lowest BCUT2D eigenvalue weighted by Gasteiger charge is -2.22. The molecule has 1 aliphatic rings. The predicted molar refractivity (Wildman–Crippen MR) is 108 cm³/mol. The van der Waals surface area contributed by atoms with Crippen LogP contribution in [-0.4, -0.2) is 27.9 Å². The number of anilines is 1. The molecule has 1 amide bonds. The third kappa shape index (κ3) is 4.12. The van der Waals surface area contributed by atoms with E-state index in [0.717, 1.165) is 12.1 Å². The summed E-state index contributed by atoms with van der Waals surface area (Å²) in [5.74, 6) is 0.0531. The minimum atomic E-state index is -0.616. The number of fused-ring (bicyclic) bond motifs is 1. The van der Waals surface area contributed by atoms with Gasteiger partial charge in [-0.05, 0) is 44.0 Å². The Kier molecular flexibility index (Phi) is 5.53. The molecule has 0 radical (unpaired) electrons. The van der Waals surface area contributed by atoms with Gasteiger partial charge in [0.2, 0.25) is 5.91 Å². The number of para-hydroxylation sites is 2. The van der Waals surface area contributed by atoms with Crippen molar-refractivity contribution < 1.29 is 18.3 Å². The molecular formula is C21H20FN3O3S. The number of ether oxygens (including phenoxy) is 1. The van der Waals surface area contributed by atoms with Crippen LogP contribution in [0.2, 0.25) is 0 Å². The highest BCUT2D eigenvalue weighted by Gasteiger charge is 2.30. The third-order valence-electron chi connectivity index (χ3n) is 4.71. The Balaban J connectivity index is 1.37. The molecule has 3 aromatic rings. The van der Waals surface area contributed by atoms with Gasteiger partial charge in [-0.25, -0.2) is 4.39 Å². The van der Waals surface area contributed by atoms with Crippen LogP contribution in [0.25, 0.3) is 0 Å². The number of hydrogen-bond donors (Lipinski definition) is 0. The lowest BCUT2D eigenvalue weighted by atomic mass is 10.1. The van der Waals surface area contributed by atoms with Gasteiger partial charge in [-0.2, -0.15) is 0 Å². The van der Waals surface area contributed by atoms with Crippen LogP contribution < -0.4 is 9.64 Å². The van der Waals surface area contributed by atoms with Gasteiger partial charge in [0.15, 0.2) is 17.7 Å². The van der Waals surface area contributed by atoms with Gasteiger partial charge in [0.25, 0.3) is 11.1 Å². The molecule has 8 heteroatoms. The average molecular weight is 413 g/mol. The summed E-state index contributed by atoms with van der Waals surface area (Å²) in [7, 11) is 0. The Morgan fingerprint density at radius 1 is 1.28 bits per heavy atom. The maximum Gasteiger partial charge on any atom is 0.277 e. The molecule has 0 bridgehead atoms. The van der Waals surface area contributed by atoms with Gasteiger partial charge >= 0.3 is 0 Å². The lowest BCUT2D eigenvalue weighted by molar-refractivity contribution is -0.116. The number of hydrogen-bond acceptors (Lipinski definition) is 6. The van der Waals surface area contributed by atoms with E-state index in [9.17, 15) is 9.18 Å². The van der Waals surface area contributed by atoms with Crippen molar-refractivity contribution in [1.29, 1.82) is 0 Å². The molecule has 150 valence electrons. The van der Waals surface area contributed by atoms with Gasteiger partial charge in [0.05, 0.1) is 5.75 Å². The monoisotopic (exact) mass is 413 g/mol. The largest absolute Gasteiger partial charge is 0.478 e. The smallest absolute Gasteiger partial charge is 0.277 e. The van der Waals surface area contributed by atoms with Crippen LogP contribution in [-0.2, 0) is 11.2 Å². The summed E-state index contributed by atoms with van der Waals surface area (Å²) in [6.07, 6.45) is 0.234. The van der Waals surface area contributed by atoms with Crippen molar-refractivity contribution in [3.63, 3.8) is 0 Å². The zero-order valence-corrected chi connectivity index (χ0v) is 16.9. The fraction of sp³-hybridized carbons (Fsp3) is 0.286. The first-order chi connectivity index (χ1) is 14.0. The fourth-order valence-electron chi connectivity index (χ4n) is 3.36. The molecule has 0 N–H and O–H groups in total. The van der Waals surface area contributed by atoms with Gasteiger partial charge in [-0.15, -0.1) is 10.2 Å². The first-order valence-corrected chi connectivity index (χ1v) is 10.3. The standard InChI is InChI=1S/C21H20FN3O3S/c1-13-11-15-7-3-5-9-17(15)25(13)19(26)12-29-21-24-23-20(28-21)14(2)27-18-10-6-4-8-16(18)22/h3-10,13-14H,11-12H2,1-2H3. The van der Waals surface area contributed by atoms with Crippen LogP contribution >= 0.6 is 11.8 Å². The van der Waals surface area contributed by atoms with E-state index in [2.05, 4.69) is 10.2 Å². The summed E-state index contributed by atoms with van der Waals surface area (Å²) in [6.45, 7) is 3.73. The molecule has 0 saturated carbocycles. The molecule has 2 aromatic carbocycles. The minimum absolute atomic E-state index is 0.0112. The quantitative estimate of drug-likeness (QED) is 0.558. The van der Waals surface area contributed by atoms with Crippen LogP contribution in [0.5, 0.6) is 5.75 Å². The summed E-state index contributed by atoms with van der Waals surface area (Å²) in [4.78, 5) is 14.6. The molecule has 6 nitrogen and oxygen atoms in total. The Morgan fingerprint density at radius 2 is 2.03 bits per heavy atom. The molecule has 1 aromatic heterocycles. The first kappa shape index (κ1) is 19.4. The van der Waals surface area contributed by atoms with E-state index in [1.807, 2.05) is 36.1 Å². The molecule has 2 atom stereocenters. The van der Waals surface area contributed by atoms with E-state index < -0.39 is 11.9 Å². The second-order valence-electron chi connectivity index (χ2n) is 6.83. The summed E-state index contributed by atoms with van der Waals surface area (Å²) < 4.78 is 24.9. The van der Waals surface area contributed by atoms with Crippen molar-refractivity contribution >= 4 is 23.4 Å². The number of rotatable bonds is 6. The Hall–Kier alpha value is -2.87. The van der Waals surface area contributed by atoms with Crippen LogP contribution in [0.15, 0.2) is 58.2 Å². The minimum Gasteiger partial charge on any atom is -0.478 e. The lowest BCUT2D eigenvalue weighted by Crippen LogP contribution is -2.36. The van der Waals surface area contributed by atoms with Crippen molar-refractivity contribution in [2.75, 3.05) is 10.7 Å². The van der Waals surface area contributed by atoms with Crippen LogP contribution in [0.1, 0.15) is 31.4 Å². The number of carbonyl (C=O) groups is 1. The molecule has 1 aliphatic heterocycles. The molecule has 2 unspecified atom stereocenters. The maximum absolute atomic E-state index is 13.7. The number of nitrogens with zero attached hydrogens (tertiary/aromatic N) is 3. The van der Waals surface area contributed by atoms with Gasteiger partial charge in [-0.3, -0.25) is 4.79 Å². The number of amides is 1. The highest BCUT2D eigenvalue weighted by atomic mass is 32.2. The van der Waals surface area contributed by atoms with Crippen LogP contribution in [0, 0.1) is 5.82 Å². The molecule has 0 saturated heterocycles. The van der Waals surface area contributed by atoms with Crippen molar-refractivity contribution in [2.24, 2.45) is 0 Å². The topological polar surface area (TPSA) is 68.5 Å². The van der Waals surface area contributed by atoms with Gasteiger partial charge in [0, 0.05) is 11.7 Å². The Labute approximate surface area is 172 Å². The summed E-state index contributed by atoms with van der Waals surface area (Å²) in [6, 6.07) is 14.2. The molecular weight excluding hydrogens is 393 g/mol. The van der Waals surface area contributed by atoms with Gasteiger partial charge < -0.3 is 14.1 Å². The van der Waals surface area contributed by atoms with E-state index in [-0.39, 0.29) is 34.6 Å². The second-order valence-corrected chi connectivity index (χ2v) is 7.76. The second kappa shape index (κ2) is 8.24. The molecule has 4 rings (SSSR count). The molecule has 0 aliphatic carbocycles. The predicted octanol–water partition coefficient (Wildman–Crippen LogP) is 4.42. The van der Waals surface area contributed by atoms with Crippen LogP contribution in [0.4, 0.5) is 10.1 Å². The SMILES string of the molecule is CC(Oc1ccccc1F)c1nnc(SCC(=O)N2c3ccccc3CC2C)o1. The number of aromatic nitrogens is 2. The van der Waals surface area contributed by atoms with E-state index in [4.69, 9.17) is 9.15 Å². The van der Waals surface area contributed by atoms with E-state index in [1.54, 1.807) is 19.1 Å². The van der Waals surface area contributed by atoms with Crippen molar-refractivity contribution in [1.82, 2.24) is 10.2 Å². The zero-order chi connectivity index (χ0) is 20.4. The van der Waals surface area contributed by atoms with Crippen molar-refractivity contribution in [3.05, 3.63) is 65.8 Å². The van der Waals surface area contributed by atoms with E-state index in [0.29, 0.717) is 0 Å². The fourth-order valence-corrected chi connectivity index (χ4v) is 3.99. The Morgan fingerprint density at radius 3 is 2.86 bits per heavy atom. The maximum atomic E-state index is 13.7. The van der Waals surface area contributed by atoms with Crippen LogP contribution in [0.3, 0.4) is 0 Å². The number of carbonyl (C=O) groups excluding carboxylic acids is 1. The zero-order valence-electron chi connectivity index (χ0n) is 16.0. The molecule has 0 spiro atoms. The molecule has 0 fully saturated rings. The Bertz CT molecular complexity index is 1030. The average Bonchev–Trinajstić information content (AvgIpc) is 3.31. The summed E-state index contributed by atoms with van der Waals surface area (Å²) >= 11 is 1.18. The highest BCUT2D eigenvalue weighted by molar-refractivity contribution is 7.99. The summed E-state index contributed by atoms with van der Waals surface area (Å²) in [5, 5.41) is 8.20. The van der Waals surface area contributed by atoms with E-state index in [1.165, 1.54) is 29.5 Å². The third-order valence-corrected chi connectivity index (χ3v) is 5.51. The van der Waals surface area contributed by atoms with Crippen molar-refractivity contribution in [3.8, 4) is 5.75 Å². The van der Waals surface area contributed by atoms with E-state index >= 15 is 0 Å². The highest BCUT2D eigenvalue weighted by Crippen LogP contribution is 2.33. The van der Waals surface area contributed by atoms with Gasteiger partial charge in [0.1, 0.15) is 0 Å².